The van der Waals surface area contributed by atoms with E-state index >= 15 is 4.39 Å². The molecule has 1 aliphatic rings. The number of nitrogen functional groups attached to an aromatic ring is 1. The minimum absolute atomic E-state index is 0.0197. The molecule has 3 N–H and O–H groups in total. The number of hydrogen-bond donors (Lipinski definition) is 2. The van der Waals surface area contributed by atoms with Gasteiger partial charge in [-0.25, -0.2) is 14.1 Å². The lowest BCUT2D eigenvalue weighted by Crippen LogP contribution is -2.21. The van der Waals surface area contributed by atoms with Crippen molar-refractivity contribution in [1.82, 2.24) is 19.3 Å². The van der Waals surface area contributed by atoms with Crippen molar-refractivity contribution in [3.8, 4) is 17.3 Å². The molecule has 1 saturated carbocycles. The molecule has 0 bridgehead atoms. The Kier molecular flexibility index (Phi) is 6.01. The van der Waals surface area contributed by atoms with Crippen LogP contribution in [0.15, 0.2) is 90.0 Å². The lowest BCUT2D eigenvalue weighted by atomic mass is 10.0. The van der Waals surface area contributed by atoms with Crippen LogP contribution in [0.25, 0.3) is 33.1 Å². The standard InChI is InChI=1S/C32H26FN5O3/c33-24-16-22(20-9-10-20)15-21-12-14-37(32(40)28(21)24)25-7-4-8-26(23(25)17-39)38-27-11-13-35-31(29(27)30(34)36-38)41-18-19-5-2-1-3-6-19/h1-8,11-16,20,39H,9-10,17-18H2,(H2,34,36). The summed E-state index contributed by atoms with van der Waals surface area (Å²) < 4.78 is 24.2. The van der Waals surface area contributed by atoms with Crippen molar-refractivity contribution in [2.45, 2.75) is 32.0 Å². The Balaban J connectivity index is 1.33. The summed E-state index contributed by atoms with van der Waals surface area (Å²) in [4.78, 5) is 18.0. The molecule has 204 valence electrons. The molecule has 3 aromatic carbocycles. The van der Waals surface area contributed by atoms with Gasteiger partial charge < -0.3 is 15.6 Å². The van der Waals surface area contributed by atoms with E-state index in [0.717, 1.165) is 24.0 Å². The monoisotopic (exact) mass is 547 g/mol. The van der Waals surface area contributed by atoms with Crippen LogP contribution >= 0.6 is 0 Å². The number of nitrogens with two attached hydrogens (primary N) is 1. The van der Waals surface area contributed by atoms with Gasteiger partial charge in [-0.05, 0) is 65.6 Å². The van der Waals surface area contributed by atoms with Gasteiger partial charge in [-0.2, -0.15) is 0 Å². The van der Waals surface area contributed by atoms with E-state index in [1.165, 1.54) is 10.6 Å². The second kappa shape index (κ2) is 9.87. The lowest BCUT2D eigenvalue weighted by molar-refractivity contribution is 0.281. The molecule has 1 aliphatic carbocycles. The average Bonchev–Trinajstić information content (AvgIpc) is 3.79. The Morgan fingerprint density at radius 1 is 1.00 bits per heavy atom. The van der Waals surface area contributed by atoms with Gasteiger partial charge in [0, 0.05) is 18.0 Å². The molecule has 0 radical (unpaired) electrons. The number of nitrogens with zero attached hydrogens (tertiary/aromatic N) is 4. The molecule has 1 fully saturated rings. The molecular formula is C32H26FN5O3. The molecule has 3 heterocycles. The SMILES string of the molecule is Nc1nn(-c2cccc(-n3ccc4cc(C5CC5)cc(F)c4c3=O)c2CO)c2ccnc(OCc3ccccc3)c12. The first kappa shape index (κ1) is 25.0. The highest BCUT2D eigenvalue weighted by Gasteiger charge is 2.25. The van der Waals surface area contributed by atoms with Crippen LogP contribution < -0.4 is 16.0 Å². The van der Waals surface area contributed by atoms with Crippen molar-refractivity contribution in [1.29, 1.82) is 0 Å². The van der Waals surface area contributed by atoms with E-state index in [1.807, 2.05) is 36.4 Å². The van der Waals surface area contributed by atoms with E-state index in [2.05, 4.69) is 10.1 Å². The maximum Gasteiger partial charge on any atom is 0.265 e. The van der Waals surface area contributed by atoms with Crippen molar-refractivity contribution in [3.05, 3.63) is 118 Å². The van der Waals surface area contributed by atoms with Crippen molar-refractivity contribution in [3.63, 3.8) is 0 Å². The largest absolute Gasteiger partial charge is 0.472 e. The summed E-state index contributed by atoms with van der Waals surface area (Å²) in [6, 6.07) is 21.8. The Labute approximate surface area is 234 Å². The lowest BCUT2D eigenvalue weighted by Gasteiger charge is -2.16. The summed E-state index contributed by atoms with van der Waals surface area (Å²) in [5, 5.41) is 16.2. The second-order valence-corrected chi connectivity index (χ2v) is 10.2. The molecule has 0 amide bonds. The van der Waals surface area contributed by atoms with Crippen LogP contribution in [-0.2, 0) is 13.2 Å². The maximum absolute atomic E-state index is 15.2. The first-order valence-electron chi connectivity index (χ1n) is 13.4. The van der Waals surface area contributed by atoms with E-state index in [0.29, 0.717) is 51.6 Å². The number of hydrogen-bond acceptors (Lipinski definition) is 6. The fraction of sp³-hybridized carbons (Fsp3) is 0.156. The number of anilines is 1. The number of aromatic nitrogens is 4. The highest BCUT2D eigenvalue weighted by Crippen LogP contribution is 2.41. The molecule has 0 saturated heterocycles. The van der Waals surface area contributed by atoms with Crippen molar-refractivity contribution in [2.24, 2.45) is 0 Å². The molecule has 0 atom stereocenters. The summed E-state index contributed by atoms with van der Waals surface area (Å²) in [5.74, 6) is 0.377. The van der Waals surface area contributed by atoms with E-state index in [9.17, 15) is 9.90 Å². The van der Waals surface area contributed by atoms with Gasteiger partial charge in [0.1, 0.15) is 17.8 Å². The molecule has 0 spiro atoms. The number of halogens is 1. The summed E-state index contributed by atoms with van der Waals surface area (Å²) in [6.45, 7) is -0.0959. The molecule has 0 aliphatic heterocycles. The summed E-state index contributed by atoms with van der Waals surface area (Å²) >= 11 is 0. The van der Waals surface area contributed by atoms with Gasteiger partial charge in [0.25, 0.3) is 5.56 Å². The van der Waals surface area contributed by atoms with Crippen LogP contribution in [0.1, 0.15) is 35.4 Å². The number of benzene rings is 3. The third-order valence-electron chi connectivity index (χ3n) is 7.60. The van der Waals surface area contributed by atoms with Crippen molar-refractivity contribution >= 4 is 27.5 Å². The van der Waals surface area contributed by atoms with Gasteiger partial charge >= 0.3 is 0 Å². The van der Waals surface area contributed by atoms with Crippen LogP contribution in [0, 0.1) is 5.82 Å². The number of rotatable bonds is 7. The average molecular weight is 548 g/mol. The van der Waals surface area contributed by atoms with Gasteiger partial charge in [0.05, 0.1) is 28.9 Å². The van der Waals surface area contributed by atoms with Gasteiger partial charge in [-0.15, -0.1) is 5.10 Å². The zero-order valence-corrected chi connectivity index (χ0v) is 22.0. The van der Waals surface area contributed by atoms with E-state index in [4.69, 9.17) is 10.5 Å². The molecule has 9 heteroatoms. The Bertz CT molecular complexity index is 2000. The summed E-state index contributed by atoms with van der Waals surface area (Å²) in [5.41, 5.74) is 9.74. The predicted octanol–water partition coefficient (Wildman–Crippen LogP) is 5.39. The van der Waals surface area contributed by atoms with Gasteiger partial charge in [0.15, 0.2) is 5.82 Å². The molecule has 3 aromatic heterocycles. The minimum atomic E-state index is -0.535. The molecule has 8 nitrogen and oxygen atoms in total. The van der Waals surface area contributed by atoms with Gasteiger partial charge in [-0.1, -0.05) is 42.5 Å². The first-order chi connectivity index (χ1) is 20.0. The predicted molar refractivity (Wildman–Crippen MR) is 155 cm³/mol. The highest BCUT2D eigenvalue weighted by atomic mass is 19.1. The number of pyridine rings is 2. The molecule has 0 unspecified atom stereocenters. The minimum Gasteiger partial charge on any atom is -0.472 e. The summed E-state index contributed by atoms with van der Waals surface area (Å²) in [6.07, 6.45) is 5.30. The third-order valence-corrected chi connectivity index (χ3v) is 7.60. The Hall–Kier alpha value is -5.02. The number of ether oxygens (including phenoxy) is 1. The summed E-state index contributed by atoms with van der Waals surface area (Å²) in [7, 11) is 0. The molecular weight excluding hydrogens is 521 g/mol. The van der Waals surface area contributed by atoms with Crippen LogP contribution in [0.2, 0.25) is 0 Å². The highest BCUT2D eigenvalue weighted by molar-refractivity contribution is 5.94. The van der Waals surface area contributed by atoms with Crippen molar-refractivity contribution in [2.75, 3.05) is 5.73 Å². The maximum atomic E-state index is 15.2. The van der Waals surface area contributed by atoms with E-state index in [-0.39, 0.29) is 11.2 Å². The second-order valence-electron chi connectivity index (χ2n) is 10.2. The molecule has 41 heavy (non-hydrogen) atoms. The molecule has 7 rings (SSSR count). The van der Waals surface area contributed by atoms with Crippen LogP contribution in [-0.4, -0.2) is 24.4 Å². The van der Waals surface area contributed by atoms with Crippen LogP contribution in [0.5, 0.6) is 5.88 Å². The van der Waals surface area contributed by atoms with E-state index in [1.54, 1.807) is 47.4 Å². The fourth-order valence-corrected chi connectivity index (χ4v) is 5.42. The van der Waals surface area contributed by atoms with Crippen LogP contribution in [0.3, 0.4) is 0 Å². The smallest absolute Gasteiger partial charge is 0.265 e. The number of aliphatic hydroxyl groups excluding tert-OH is 1. The zero-order chi connectivity index (χ0) is 28.1. The zero-order valence-electron chi connectivity index (χ0n) is 22.0. The molecule has 6 aromatic rings. The Morgan fingerprint density at radius 3 is 2.59 bits per heavy atom. The number of aliphatic hydroxyl groups is 1. The van der Waals surface area contributed by atoms with Gasteiger partial charge in [0.2, 0.25) is 5.88 Å². The third kappa shape index (κ3) is 4.31. The van der Waals surface area contributed by atoms with E-state index < -0.39 is 18.0 Å². The Morgan fingerprint density at radius 2 is 1.80 bits per heavy atom. The number of fused-ring (bicyclic) bond motifs is 2. The van der Waals surface area contributed by atoms with Crippen molar-refractivity contribution < 1.29 is 14.2 Å². The topological polar surface area (TPSA) is 108 Å². The quantitative estimate of drug-likeness (QED) is 0.277. The van der Waals surface area contributed by atoms with Crippen LogP contribution in [0.4, 0.5) is 10.2 Å². The first-order valence-corrected chi connectivity index (χ1v) is 13.4. The fourth-order valence-electron chi connectivity index (χ4n) is 5.42. The van der Waals surface area contributed by atoms with Gasteiger partial charge in [-0.3, -0.25) is 9.36 Å². The normalized spacial score (nSPS) is 13.2.